The van der Waals surface area contributed by atoms with Crippen LogP contribution in [0.3, 0.4) is 0 Å². The van der Waals surface area contributed by atoms with Crippen molar-refractivity contribution in [3.05, 3.63) is 0 Å². The van der Waals surface area contributed by atoms with Gasteiger partial charge in [-0.15, -0.1) is 0 Å². The molecule has 1 heterocycles. The van der Waals surface area contributed by atoms with E-state index in [1.54, 1.807) is 0 Å². The van der Waals surface area contributed by atoms with Gasteiger partial charge in [-0.2, -0.15) is 0 Å². The molecular formula is C27H57N2+. The van der Waals surface area contributed by atoms with Gasteiger partial charge in [-0.25, -0.2) is 0 Å². The zero-order chi connectivity index (χ0) is 21.2. The average Bonchev–Trinajstić information content (AvgIpc) is 3.27. The molecule has 0 bridgehead atoms. The molecule has 2 heteroatoms. The SMILES string of the molecule is CCCCCCCCCCCCCCCC[N+](CC)(CC)C(CC)C1CCNC1. The van der Waals surface area contributed by atoms with Crippen molar-refractivity contribution < 1.29 is 4.48 Å². The maximum Gasteiger partial charge on any atom is 0.0928 e. The van der Waals surface area contributed by atoms with E-state index in [2.05, 4.69) is 33.0 Å². The molecule has 1 aliphatic heterocycles. The third kappa shape index (κ3) is 10.7. The Morgan fingerprint density at radius 2 is 1.17 bits per heavy atom. The van der Waals surface area contributed by atoms with Crippen LogP contribution < -0.4 is 5.32 Å². The Balaban J connectivity index is 2.08. The van der Waals surface area contributed by atoms with Gasteiger partial charge in [0, 0.05) is 12.5 Å². The smallest absolute Gasteiger partial charge is 0.0928 e. The first-order valence-corrected chi connectivity index (χ1v) is 13.8. The van der Waals surface area contributed by atoms with Gasteiger partial charge in [0.15, 0.2) is 0 Å². The fourth-order valence-electron chi connectivity index (χ4n) is 5.97. The van der Waals surface area contributed by atoms with Crippen LogP contribution >= 0.6 is 0 Å². The van der Waals surface area contributed by atoms with Gasteiger partial charge in [0.25, 0.3) is 0 Å². The molecule has 2 atom stereocenters. The minimum Gasteiger partial charge on any atom is -0.321 e. The topological polar surface area (TPSA) is 12.0 Å². The number of hydrogen-bond acceptors (Lipinski definition) is 1. The molecule has 1 N–H and O–H groups in total. The zero-order valence-corrected chi connectivity index (χ0v) is 21.0. The molecular weight excluding hydrogens is 352 g/mol. The predicted molar refractivity (Wildman–Crippen MR) is 132 cm³/mol. The van der Waals surface area contributed by atoms with Gasteiger partial charge in [0.2, 0.25) is 0 Å². The van der Waals surface area contributed by atoms with E-state index in [0.717, 1.165) is 12.0 Å². The number of nitrogens with zero attached hydrogens (tertiary/aromatic N) is 1. The second-order valence-electron chi connectivity index (χ2n) is 9.90. The van der Waals surface area contributed by atoms with Crippen molar-refractivity contribution in [2.24, 2.45) is 5.92 Å². The Morgan fingerprint density at radius 3 is 1.55 bits per heavy atom. The maximum atomic E-state index is 3.62. The van der Waals surface area contributed by atoms with Crippen molar-refractivity contribution in [3.63, 3.8) is 0 Å². The van der Waals surface area contributed by atoms with E-state index in [1.165, 1.54) is 140 Å². The molecule has 2 nitrogen and oxygen atoms in total. The van der Waals surface area contributed by atoms with E-state index >= 15 is 0 Å². The molecule has 0 radical (unpaired) electrons. The summed E-state index contributed by atoms with van der Waals surface area (Å²) in [5.74, 6) is 0.909. The summed E-state index contributed by atoms with van der Waals surface area (Å²) < 4.78 is 1.38. The second kappa shape index (κ2) is 17.6. The predicted octanol–water partition coefficient (Wildman–Crippen LogP) is 7.71. The monoisotopic (exact) mass is 409 g/mol. The van der Waals surface area contributed by atoms with Crippen LogP contribution in [-0.2, 0) is 0 Å². The molecule has 174 valence electrons. The highest BCUT2D eigenvalue weighted by Crippen LogP contribution is 2.28. The van der Waals surface area contributed by atoms with Crippen LogP contribution in [0.1, 0.15) is 130 Å². The Labute approximate surface area is 185 Å². The van der Waals surface area contributed by atoms with Gasteiger partial charge in [-0.05, 0) is 46.1 Å². The van der Waals surface area contributed by atoms with E-state index in [1.807, 2.05) is 0 Å². The Morgan fingerprint density at radius 1 is 0.690 bits per heavy atom. The number of rotatable bonds is 20. The first-order chi connectivity index (χ1) is 14.2. The lowest BCUT2D eigenvalue weighted by atomic mass is 9.92. The molecule has 0 saturated carbocycles. The second-order valence-corrected chi connectivity index (χ2v) is 9.90. The molecule has 1 saturated heterocycles. The van der Waals surface area contributed by atoms with Crippen molar-refractivity contribution in [3.8, 4) is 0 Å². The van der Waals surface area contributed by atoms with Crippen molar-refractivity contribution in [1.82, 2.24) is 5.32 Å². The summed E-state index contributed by atoms with van der Waals surface area (Å²) in [7, 11) is 0. The third-order valence-corrected chi connectivity index (χ3v) is 7.98. The van der Waals surface area contributed by atoms with Crippen LogP contribution in [0.15, 0.2) is 0 Å². The highest BCUT2D eigenvalue weighted by molar-refractivity contribution is 4.79. The van der Waals surface area contributed by atoms with E-state index in [4.69, 9.17) is 0 Å². The molecule has 1 aliphatic rings. The van der Waals surface area contributed by atoms with Crippen LogP contribution in [0.5, 0.6) is 0 Å². The minimum absolute atomic E-state index is 0.877. The molecule has 0 amide bonds. The largest absolute Gasteiger partial charge is 0.321 e. The van der Waals surface area contributed by atoms with Crippen LogP contribution in [0.4, 0.5) is 0 Å². The van der Waals surface area contributed by atoms with Gasteiger partial charge < -0.3 is 9.80 Å². The summed E-state index contributed by atoms with van der Waals surface area (Å²) in [4.78, 5) is 0. The first kappa shape index (κ1) is 27.0. The lowest BCUT2D eigenvalue weighted by Crippen LogP contribution is -2.58. The normalized spacial score (nSPS) is 18.4. The standard InChI is InChI=1S/C27H57N2/c1-5-9-10-11-12-13-14-15-16-17-18-19-20-21-24-29(7-3,8-4)27(6-2)26-22-23-28-25-26/h26-28H,5-25H2,1-4H3/q+1. The Hall–Kier alpha value is -0.0800. The summed E-state index contributed by atoms with van der Waals surface area (Å²) in [6, 6.07) is 0.877. The fourth-order valence-corrected chi connectivity index (χ4v) is 5.97. The summed E-state index contributed by atoms with van der Waals surface area (Å²) in [5.41, 5.74) is 0. The highest BCUT2D eigenvalue weighted by atomic mass is 15.4. The van der Waals surface area contributed by atoms with Crippen LogP contribution in [0.25, 0.3) is 0 Å². The third-order valence-electron chi connectivity index (χ3n) is 7.98. The minimum atomic E-state index is 0.877. The number of hydrogen-bond donors (Lipinski definition) is 1. The lowest BCUT2D eigenvalue weighted by Gasteiger charge is -2.46. The molecule has 1 rings (SSSR count). The Kier molecular flexibility index (Phi) is 16.3. The number of unbranched alkanes of at least 4 members (excludes halogenated alkanes) is 13. The number of quaternary nitrogens is 1. The molecule has 0 aliphatic carbocycles. The van der Waals surface area contributed by atoms with Gasteiger partial charge in [-0.3, -0.25) is 0 Å². The highest BCUT2D eigenvalue weighted by Gasteiger charge is 2.39. The summed E-state index contributed by atoms with van der Waals surface area (Å²) in [5, 5.41) is 3.62. The van der Waals surface area contributed by atoms with Crippen LogP contribution in [0.2, 0.25) is 0 Å². The Bertz CT molecular complexity index is 344. The molecule has 2 unspecified atom stereocenters. The maximum absolute atomic E-state index is 3.62. The molecule has 1 fully saturated rings. The van der Waals surface area contributed by atoms with E-state index in [0.29, 0.717) is 0 Å². The molecule has 0 aromatic heterocycles. The van der Waals surface area contributed by atoms with Crippen molar-refractivity contribution >= 4 is 0 Å². The molecule has 0 aromatic carbocycles. The van der Waals surface area contributed by atoms with E-state index < -0.39 is 0 Å². The van der Waals surface area contributed by atoms with Crippen molar-refractivity contribution in [1.29, 1.82) is 0 Å². The van der Waals surface area contributed by atoms with Crippen LogP contribution in [-0.4, -0.2) is 43.2 Å². The van der Waals surface area contributed by atoms with E-state index in [-0.39, 0.29) is 0 Å². The number of nitrogens with one attached hydrogen (secondary N) is 1. The summed E-state index contributed by atoms with van der Waals surface area (Å²) in [6.45, 7) is 16.2. The van der Waals surface area contributed by atoms with Crippen molar-refractivity contribution in [2.45, 2.75) is 136 Å². The van der Waals surface area contributed by atoms with Crippen LogP contribution in [0, 0.1) is 5.92 Å². The molecule has 0 aromatic rings. The first-order valence-electron chi connectivity index (χ1n) is 13.8. The van der Waals surface area contributed by atoms with Gasteiger partial charge in [0.1, 0.15) is 0 Å². The van der Waals surface area contributed by atoms with E-state index in [9.17, 15) is 0 Å². The summed E-state index contributed by atoms with van der Waals surface area (Å²) in [6.07, 6.45) is 23.2. The fraction of sp³-hybridized carbons (Fsp3) is 1.00. The average molecular weight is 410 g/mol. The van der Waals surface area contributed by atoms with Gasteiger partial charge >= 0.3 is 0 Å². The summed E-state index contributed by atoms with van der Waals surface area (Å²) >= 11 is 0. The van der Waals surface area contributed by atoms with Gasteiger partial charge in [0.05, 0.1) is 25.7 Å². The zero-order valence-electron chi connectivity index (χ0n) is 21.0. The van der Waals surface area contributed by atoms with Crippen molar-refractivity contribution in [2.75, 3.05) is 32.7 Å². The molecule has 0 spiro atoms. The van der Waals surface area contributed by atoms with Gasteiger partial charge in [-0.1, -0.05) is 90.9 Å². The molecule has 29 heavy (non-hydrogen) atoms. The lowest BCUT2D eigenvalue weighted by molar-refractivity contribution is -0.952. The quantitative estimate of drug-likeness (QED) is 0.160.